The average molecular weight is 274 g/mol. The highest BCUT2D eigenvalue weighted by Crippen LogP contribution is 2.48. The highest BCUT2D eigenvalue weighted by atomic mass is 16.5. The van der Waals surface area contributed by atoms with E-state index in [9.17, 15) is 0 Å². The predicted octanol–water partition coefficient (Wildman–Crippen LogP) is 2.66. The van der Waals surface area contributed by atoms with Crippen LogP contribution in [0.5, 0.6) is 11.5 Å². The Morgan fingerprint density at radius 2 is 2.20 bits per heavy atom. The third-order valence-electron chi connectivity index (χ3n) is 3.75. The van der Waals surface area contributed by atoms with Crippen LogP contribution in [-0.2, 0) is 6.42 Å². The predicted molar refractivity (Wildman–Crippen MR) is 77.7 cm³/mol. The highest BCUT2D eigenvalue weighted by Gasteiger charge is 2.43. The highest BCUT2D eigenvalue weighted by molar-refractivity contribution is 5.41. The first-order chi connectivity index (χ1) is 9.58. The minimum absolute atomic E-state index is 0.0680. The Morgan fingerprint density at radius 1 is 1.45 bits per heavy atom. The number of nitriles is 1. The summed E-state index contributed by atoms with van der Waals surface area (Å²) in [6, 6.07) is 8.12. The fraction of sp³-hybridized carbons (Fsp3) is 0.562. The molecule has 0 heterocycles. The van der Waals surface area contributed by atoms with Crippen LogP contribution in [0.15, 0.2) is 18.2 Å². The SMILES string of the molecule is COc1ccc(OCC2(CC#N)CC2)c(CC(C)N)c1. The lowest BCUT2D eigenvalue weighted by molar-refractivity contribution is 0.234. The largest absolute Gasteiger partial charge is 0.497 e. The summed E-state index contributed by atoms with van der Waals surface area (Å²) in [5.41, 5.74) is 7.03. The molecule has 4 nitrogen and oxygen atoms in total. The van der Waals surface area contributed by atoms with Crippen molar-refractivity contribution < 1.29 is 9.47 Å². The van der Waals surface area contributed by atoms with Crippen LogP contribution in [0.25, 0.3) is 0 Å². The van der Waals surface area contributed by atoms with Gasteiger partial charge >= 0.3 is 0 Å². The van der Waals surface area contributed by atoms with Gasteiger partial charge in [0.1, 0.15) is 11.5 Å². The maximum atomic E-state index is 8.84. The molecule has 1 unspecified atom stereocenters. The maximum Gasteiger partial charge on any atom is 0.122 e. The first kappa shape index (κ1) is 14.7. The second-order valence-corrected chi connectivity index (χ2v) is 5.78. The smallest absolute Gasteiger partial charge is 0.122 e. The van der Waals surface area contributed by atoms with E-state index in [1.54, 1.807) is 7.11 Å². The lowest BCUT2D eigenvalue weighted by Crippen LogP contribution is -2.19. The molecule has 1 atom stereocenters. The van der Waals surface area contributed by atoms with Gasteiger partial charge in [-0.05, 0) is 49.9 Å². The number of hydrogen-bond donors (Lipinski definition) is 1. The molecule has 1 saturated carbocycles. The van der Waals surface area contributed by atoms with E-state index < -0.39 is 0 Å². The zero-order chi connectivity index (χ0) is 14.6. The summed E-state index contributed by atoms with van der Waals surface area (Å²) in [7, 11) is 1.65. The molecule has 0 aromatic heterocycles. The van der Waals surface area contributed by atoms with E-state index >= 15 is 0 Å². The molecule has 1 fully saturated rings. The molecular formula is C16H22N2O2. The third-order valence-corrected chi connectivity index (χ3v) is 3.75. The van der Waals surface area contributed by atoms with E-state index in [1.807, 2.05) is 25.1 Å². The van der Waals surface area contributed by atoms with Crippen LogP contribution in [0.4, 0.5) is 0 Å². The molecule has 1 aliphatic rings. The Bertz CT molecular complexity index is 502. The summed E-state index contributed by atoms with van der Waals surface area (Å²) in [4.78, 5) is 0. The number of nitrogens with two attached hydrogens (primary N) is 1. The van der Waals surface area contributed by atoms with Crippen LogP contribution in [0.3, 0.4) is 0 Å². The van der Waals surface area contributed by atoms with E-state index in [2.05, 4.69) is 6.07 Å². The topological polar surface area (TPSA) is 68.3 Å². The van der Waals surface area contributed by atoms with Gasteiger partial charge in [-0.15, -0.1) is 0 Å². The number of benzene rings is 1. The summed E-state index contributed by atoms with van der Waals surface area (Å²) in [6.45, 7) is 2.58. The normalized spacial score (nSPS) is 17.1. The minimum Gasteiger partial charge on any atom is -0.497 e. The lowest BCUT2D eigenvalue weighted by atomic mass is 10.0. The second kappa shape index (κ2) is 6.15. The Labute approximate surface area is 120 Å². The van der Waals surface area contributed by atoms with Crippen molar-refractivity contribution in [2.75, 3.05) is 13.7 Å². The zero-order valence-electron chi connectivity index (χ0n) is 12.2. The van der Waals surface area contributed by atoms with E-state index in [0.717, 1.165) is 36.3 Å². The molecule has 20 heavy (non-hydrogen) atoms. The summed E-state index contributed by atoms with van der Waals surface area (Å²) < 4.78 is 11.2. The van der Waals surface area contributed by atoms with Gasteiger partial charge in [0.25, 0.3) is 0 Å². The Hall–Kier alpha value is -1.73. The summed E-state index contributed by atoms with van der Waals surface area (Å²) >= 11 is 0. The second-order valence-electron chi connectivity index (χ2n) is 5.78. The number of nitrogens with zero attached hydrogens (tertiary/aromatic N) is 1. The molecule has 0 spiro atoms. The monoisotopic (exact) mass is 274 g/mol. The summed E-state index contributed by atoms with van der Waals surface area (Å²) in [5.74, 6) is 1.67. The van der Waals surface area contributed by atoms with Gasteiger partial charge in [0.05, 0.1) is 19.8 Å². The lowest BCUT2D eigenvalue weighted by Gasteiger charge is -2.17. The van der Waals surface area contributed by atoms with Crippen LogP contribution in [0, 0.1) is 16.7 Å². The van der Waals surface area contributed by atoms with Crippen LogP contribution in [0.1, 0.15) is 31.7 Å². The molecule has 108 valence electrons. The molecule has 1 aliphatic carbocycles. The maximum absolute atomic E-state index is 8.84. The number of methoxy groups -OCH3 is 1. The number of rotatable bonds is 7. The van der Waals surface area contributed by atoms with Crippen molar-refractivity contribution in [3.63, 3.8) is 0 Å². The van der Waals surface area contributed by atoms with Gasteiger partial charge in [0.2, 0.25) is 0 Å². The van der Waals surface area contributed by atoms with Gasteiger partial charge in [-0.2, -0.15) is 5.26 Å². The van der Waals surface area contributed by atoms with Crippen LogP contribution >= 0.6 is 0 Å². The molecule has 2 rings (SSSR count). The molecule has 0 aliphatic heterocycles. The first-order valence-corrected chi connectivity index (χ1v) is 7.01. The quantitative estimate of drug-likeness (QED) is 0.830. The van der Waals surface area contributed by atoms with Crippen molar-refractivity contribution in [3.05, 3.63) is 23.8 Å². The standard InChI is InChI=1S/C16H22N2O2/c1-12(18)9-13-10-14(19-2)3-4-15(13)20-11-16(5-6-16)7-8-17/h3-4,10,12H,5-7,9,11,18H2,1-2H3. The Kier molecular flexibility index (Phi) is 4.51. The molecule has 0 bridgehead atoms. The van der Waals surface area contributed by atoms with Crippen LogP contribution in [0.2, 0.25) is 0 Å². The van der Waals surface area contributed by atoms with Crippen LogP contribution in [-0.4, -0.2) is 19.8 Å². The number of ether oxygens (including phenoxy) is 2. The van der Waals surface area contributed by atoms with Crippen molar-refractivity contribution >= 4 is 0 Å². The average Bonchev–Trinajstić information content (AvgIpc) is 3.17. The molecule has 0 amide bonds. The van der Waals surface area contributed by atoms with E-state index in [0.29, 0.717) is 13.0 Å². The van der Waals surface area contributed by atoms with Gasteiger partial charge in [0.15, 0.2) is 0 Å². The fourth-order valence-electron chi connectivity index (χ4n) is 2.28. The van der Waals surface area contributed by atoms with Crippen molar-refractivity contribution in [3.8, 4) is 17.6 Å². The van der Waals surface area contributed by atoms with Crippen molar-refractivity contribution in [1.82, 2.24) is 0 Å². The summed E-state index contributed by atoms with van der Waals surface area (Å²) in [5, 5.41) is 8.84. The van der Waals surface area contributed by atoms with Crippen molar-refractivity contribution in [2.24, 2.45) is 11.1 Å². The molecular weight excluding hydrogens is 252 g/mol. The number of hydrogen-bond acceptors (Lipinski definition) is 4. The molecule has 1 aromatic rings. The van der Waals surface area contributed by atoms with Gasteiger partial charge in [-0.25, -0.2) is 0 Å². The molecule has 1 aromatic carbocycles. The van der Waals surface area contributed by atoms with Gasteiger partial charge in [-0.1, -0.05) is 0 Å². The van der Waals surface area contributed by atoms with Crippen molar-refractivity contribution in [2.45, 2.75) is 38.6 Å². The third kappa shape index (κ3) is 3.64. The Balaban J connectivity index is 2.08. The van der Waals surface area contributed by atoms with E-state index in [1.165, 1.54) is 0 Å². The molecule has 0 saturated heterocycles. The van der Waals surface area contributed by atoms with Crippen LogP contribution < -0.4 is 15.2 Å². The fourth-order valence-corrected chi connectivity index (χ4v) is 2.28. The van der Waals surface area contributed by atoms with E-state index in [4.69, 9.17) is 20.5 Å². The zero-order valence-corrected chi connectivity index (χ0v) is 12.2. The first-order valence-electron chi connectivity index (χ1n) is 7.01. The van der Waals surface area contributed by atoms with Gasteiger partial charge in [-0.3, -0.25) is 0 Å². The molecule has 4 heteroatoms. The summed E-state index contributed by atoms with van der Waals surface area (Å²) in [6.07, 6.45) is 3.49. The molecule has 2 N–H and O–H groups in total. The van der Waals surface area contributed by atoms with Gasteiger partial charge in [0, 0.05) is 17.9 Å². The van der Waals surface area contributed by atoms with E-state index in [-0.39, 0.29) is 11.5 Å². The molecule has 0 radical (unpaired) electrons. The Morgan fingerprint density at radius 3 is 2.75 bits per heavy atom. The van der Waals surface area contributed by atoms with Crippen molar-refractivity contribution in [1.29, 1.82) is 5.26 Å². The minimum atomic E-state index is 0.0680. The van der Waals surface area contributed by atoms with Gasteiger partial charge < -0.3 is 15.2 Å².